The molecule has 3 rings (SSSR count). The average Bonchev–Trinajstić information content (AvgIpc) is 2.75. The van der Waals surface area contributed by atoms with Crippen LogP contribution in [0.25, 0.3) is 10.9 Å². The van der Waals surface area contributed by atoms with E-state index in [9.17, 15) is 14.4 Å². The number of carbonyl (C=O) groups is 2. The number of fused-ring (bicyclic) bond motifs is 1. The molecule has 0 fully saturated rings. The summed E-state index contributed by atoms with van der Waals surface area (Å²) >= 11 is 0. The van der Waals surface area contributed by atoms with E-state index in [4.69, 9.17) is 9.47 Å². The Kier molecular flexibility index (Phi) is 6.08. The van der Waals surface area contributed by atoms with Crippen molar-refractivity contribution in [1.29, 1.82) is 0 Å². The van der Waals surface area contributed by atoms with E-state index in [1.165, 1.54) is 14.2 Å². The average molecular weight is 396 g/mol. The third kappa shape index (κ3) is 4.70. The molecule has 0 aliphatic rings. The van der Waals surface area contributed by atoms with Gasteiger partial charge in [-0.15, -0.1) is 0 Å². The lowest BCUT2D eigenvalue weighted by Gasteiger charge is -2.10. The lowest BCUT2D eigenvalue weighted by molar-refractivity contribution is 0.0922. The molecule has 0 saturated heterocycles. The Balaban J connectivity index is 1.57. The minimum atomic E-state index is -0.537. The summed E-state index contributed by atoms with van der Waals surface area (Å²) in [5, 5.41) is 5.71. The number of aromatic nitrogens is 2. The number of nitrogens with one attached hydrogen (secondary N) is 3. The fourth-order valence-electron chi connectivity index (χ4n) is 2.67. The highest BCUT2D eigenvalue weighted by Crippen LogP contribution is 2.22. The number of para-hydroxylation sites is 1. The molecule has 0 atom stereocenters. The van der Waals surface area contributed by atoms with Crippen LogP contribution in [0.2, 0.25) is 0 Å². The van der Waals surface area contributed by atoms with Crippen molar-refractivity contribution in [2.75, 3.05) is 27.3 Å². The van der Waals surface area contributed by atoms with Crippen LogP contribution < -0.4 is 25.7 Å². The van der Waals surface area contributed by atoms with Gasteiger partial charge in [-0.05, 0) is 24.3 Å². The molecule has 9 nitrogen and oxygen atoms in total. The smallest absolute Gasteiger partial charge is 0.287 e. The number of nitrogens with zero attached hydrogens (tertiary/aromatic N) is 1. The molecule has 3 aromatic rings. The van der Waals surface area contributed by atoms with Gasteiger partial charge in [0.1, 0.15) is 11.5 Å². The van der Waals surface area contributed by atoms with Crippen molar-refractivity contribution in [3.63, 3.8) is 0 Å². The second kappa shape index (κ2) is 8.87. The first-order chi connectivity index (χ1) is 14.0. The van der Waals surface area contributed by atoms with Crippen LogP contribution in [0.1, 0.15) is 21.0 Å². The van der Waals surface area contributed by atoms with Gasteiger partial charge in [0.05, 0.1) is 25.1 Å². The van der Waals surface area contributed by atoms with E-state index in [0.717, 1.165) is 0 Å². The molecule has 0 unspecified atom stereocenters. The molecule has 0 aliphatic carbocycles. The molecular formula is C20H20N4O5. The predicted octanol–water partition coefficient (Wildman–Crippen LogP) is 1.10. The van der Waals surface area contributed by atoms with Gasteiger partial charge < -0.3 is 25.1 Å². The lowest BCUT2D eigenvalue weighted by Crippen LogP contribution is -2.36. The Bertz CT molecular complexity index is 1090. The first kappa shape index (κ1) is 19.9. The Hall–Kier alpha value is -3.88. The van der Waals surface area contributed by atoms with Crippen molar-refractivity contribution in [2.24, 2.45) is 0 Å². The van der Waals surface area contributed by atoms with Crippen LogP contribution in [0.15, 0.2) is 47.3 Å². The van der Waals surface area contributed by atoms with Gasteiger partial charge in [-0.3, -0.25) is 14.4 Å². The van der Waals surface area contributed by atoms with Crippen LogP contribution in [0.3, 0.4) is 0 Å². The molecular weight excluding hydrogens is 376 g/mol. The standard InChI is InChI=1S/C20H20N4O5/c1-28-13-9-12(10-14(11-13)29-2)18(25)21-7-8-22-20(27)17-23-16-6-4-3-5-15(16)19(26)24-17/h3-6,9-11H,7-8H2,1-2H3,(H,21,25)(H,22,27)(H,23,24,26). The number of benzene rings is 2. The maximum atomic E-state index is 12.3. The van der Waals surface area contributed by atoms with Crippen molar-refractivity contribution in [3.8, 4) is 11.5 Å². The van der Waals surface area contributed by atoms with Gasteiger partial charge in [0.2, 0.25) is 0 Å². The summed E-state index contributed by atoms with van der Waals surface area (Å²) in [7, 11) is 2.99. The quantitative estimate of drug-likeness (QED) is 0.514. The molecule has 0 aliphatic heterocycles. The fourth-order valence-corrected chi connectivity index (χ4v) is 2.67. The summed E-state index contributed by atoms with van der Waals surface area (Å²) in [6.07, 6.45) is 0. The van der Waals surface area contributed by atoms with Crippen molar-refractivity contribution in [3.05, 3.63) is 64.2 Å². The topological polar surface area (TPSA) is 122 Å². The van der Waals surface area contributed by atoms with Gasteiger partial charge >= 0.3 is 0 Å². The largest absolute Gasteiger partial charge is 0.497 e. The van der Waals surface area contributed by atoms with Gasteiger partial charge in [-0.1, -0.05) is 12.1 Å². The number of rotatable bonds is 7. The van der Waals surface area contributed by atoms with E-state index >= 15 is 0 Å². The van der Waals surface area contributed by atoms with Crippen molar-refractivity contribution in [2.45, 2.75) is 0 Å². The fraction of sp³-hybridized carbons (Fsp3) is 0.200. The van der Waals surface area contributed by atoms with Crippen LogP contribution in [0, 0.1) is 0 Å². The Morgan fingerprint density at radius 3 is 2.24 bits per heavy atom. The van der Waals surface area contributed by atoms with E-state index in [1.807, 2.05) is 0 Å². The summed E-state index contributed by atoms with van der Waals surface area (Å²) in [5.74, 6) is 0.0275. The molecule has 1 heterocycles. The van der Waals surface area contributed by atoms with Crippen LogP contribution in [-0.4, -0.2) is 49.1 Å². The second-order valence-electron chi connectivity index (χ2n) is 6.04. The zero-order chi connectivity index (χ0) is 20.8. The van der Waals surface area contributed by atoms with Crippen LogP contribution in [0.5, 0.6) is 11.5 Å². The van der Waals surface area contributed by atoms with Crippen LogP contribution in [0.4, 0.5) is 0 Å². The third-order valence-electron chi connectivity index (χ3n) is 4.14. The maximum Gasteiger partial charge on any atom is 0.287 e. The molecule has 0 bridgehead atoms. The maximum absolute atomic E-state index is 12.3. The van der Waals surface area contributed by atoms with E-state index in [0.29, 0.717) is 28.0 Å². The molecule has 150 valence electrons. The number of methoxy groups -OCH3 is 2. The summed E-state index contributed by atoms with van der Waals surface area (Å²) < 4.78 is 10.3. The molecule has 0 spiro atoms. The van der Waals surface area contributed by atoms with E-state index in [1.54, 1.807) is 42.5 Å². The number of hydrogen-bond donors (Lipinski definition) is 3. The van der Waals surface area contributed by atoms with Crippen molar-refractivity contribution < 1.29 is 19.1 Å². The number of hydrogen-bond acceptors (Lipinski definition) is 6. The molecule has 9 heteroatoms. The van der Waals surface area contributed by atoms with E-state index in [-0.39, 0.29) is 30.4 Å². The minimum absolute atomic E-state index is 0.0856. The molecule has 0 radical (unpaired) electrons. The number of ether oxygens (including phenoxy) is 2. The van der Waals surface area contributed by atoms with Gasteiger partial charge in [0, 0.05) is 24.7 Å². The lowest BCUT2D eigenvalue weighted by atomic mass is 10.2. The van der Waals surface area contributed by atoms with Gasteiger partial charge in [0.15, 0.2) is 5.82 Å². The molecule has 3 N–H and O–H groups in total. The SMILES string of the molecule is COc1cc(OC)cc(C(=O)NCCNC(=O)c2nc3ccccc3c(=O)[nH]2)c1. The highest BCUT2D eigenvalue weighted by Gasteiger charge is 2.12. The molecule has 2 aromatic carbocycles. The van der Waals surface area contributed by atoms with Crippen molar-refractivity contribution >= 4 is 22.7 Å². The molecule has 1 aromatic heterocycles. The molecule has 0 saturated carbocycles. The summed E-state index contributed by atoms with van der Waals surface area (Å²) in [6.45, 7) is 0.337. The molecule has 2 amide bonds. The zero-order valence-corrected chi connectivity index (χ0v) is 15.9. The Labute approximate surface area is 166 Å². The van der Waals surface area contributed by atoms with E-state index < -0.39 is 5.91 Å². The number of carbonyl (C=O) groups excluding carboxylic acids is 2. The van der Waals surface area contributed by atoms with Crippen LogP contribution >= 0.6 is 0 Å². The van der Waals surface area contributed by atoms with E-state index in [2.05, 4.69) is 20.6 Å². The zero-order valence-electron chi connectivity index (χ0n) is 15.9. The number of H-pyrrole nitrogens is 1. The van der Waals surface area contributed by atoms with Gasteiger partial charge in [0.25, 0.3) is 17.4 Å². The summed E-state index contributed by atoms with van der Waals surface area (Å²) in [4.78, 5) is 43.2. The first-order valence-corrected chi connectivity index (χ1v) is 8.80. The predicted molar refractivity (Wildman–Crippen MR) is 107 cm³/mol. The monoisotopic (exact) mass is 396 g/mol. The summed E-state index contributed by atoms with van der Waals surface area (Å²) in [6, 6.07) is 11.6. The third-order valence-corrected chi connectivity index (χ3v) is 4.14. The van der Waals surface area contributed by atoms with Gasteiger partial charge in [-0.25, -0.2) is 4.98 Å². The minimum Gasteiger partial charge on any atom is -0.497 e. The van der Waals surface area contributed by atoms with Gasteiger partial charge in [-0.2, -0.15) is 0 Å². The normalized spacial score (nSPS) is 10.4. The Morgan fingerprint density at radius 1 is 0.966 bits per heavy atom. The highest BCUT2D eigenvalue weighted by molar-refractivity contribution is 5.95. The number of aromatic amines is 1. The van der Waals surface area contributed by atoms with Crippen LogP contribution in [-0.2, 0) is 0 Å². The number of amides is 2. The van der Waals surface area contributed by atoms with Crippen molar-refractivity contribution in [1.82, 2.24) is 20.6 Å². The first-order valence-electron chi connectivity index (χ1n) is 8.80. The summed E-state index contributed by atoms with van der Waals surface area (Å²) in [5.41, 5.74) is 0.413. The second-order valence-corrected chi connectivity index (χ2v) is 6.04. The molecule has 29 heavy (non-hydrogen) atoms. The Morgan fingerprint density at radius 2 is 1.59 bits per heavy atom. The highest BCUT2D eigenvalue weighted by atomic mass is 16.5.